The van der Waals surface area contributed by atoms with Crippen molar-refractivity contribution in [1.29, 1.82) is 0 Å². The lowest BCUT2D eigenvalue weighted by Crippen LogP contribution is -1.97. The first kappa shape index (κ1) is 12.7. The van der Waals surface area contributed by atoms with E-state index in [1.807, 2.05) is 0 Å². The van der Waals surface area contributed by atoms with Gasteiger partial charge in [0.25, 0.3) is 0 Å². The molecule has 17 heavy (non-hydrogen) atoms. The molecule has 0 bridgehead atoms. The molecule has 1 aromatic heterocycles. The molecule has 1 unspecified atom stereocenters. The van der Waals surface area contributed by atoms with Gasteiger partial charge in [0.1, 0.15) is 0 Å². The van der Waals surface area contributed by atoms with Gasteiger partial charge in [0.2, 0.25) is 0 Å². The molecule has 1 heterocycles. The molecule has 0 radical (unpaired) electrons. The Labute approximate surface area is 110 Å². The number of hydrogen-bond acceptors (Lipinski definition) is 1. The lowest BCUT2D eigenvalue weighted by molar-refractivity contribution is 0.445. The summed E-state index contributed by atoms with van der Waals surface area (Å²) >= 11 is 13.0. The zero-order valence-corrected chi connectivity index (χ0v) is 10.5. The van der Waals surface area contributed by atoms with Crippen molar-refractivity contribution in [3.63, 3.8) is 0 Å². The van der Waals surface area contributed by atoms with E-state index in [0.29, 0.717) is 9.21 Å². The molecule has 0 spiro atoms. The molecule has 0 nitrogen and oxygen atoms in total. The highest BCUT2D eigenvalue weighted by Crippen LogP contribution is 2.36. The summed E-state index contributed by atoms with van der Waals surface area (Å²) in [4.78, 5) is 0.641. The number of halogens is 5. The van der Waals surface area contributed by atoms with Crippen LogP contribution in [0.2, 0.25) is 4.34 Å². The largest absolute Gasteiger partial charge is 0.204 e. The van der Waals surface area contributed by atoms with Gasteiger partial charge in [0.15, 0.2) is 17.5 Å². The Balaban J connectivity index is 2.41. The van der Waals surface area contributed by atoms with Gasteiger partial charge in [-0.3, -0.25) is 0 Å². The SMILES string of the molecule is Fc1cc(C(Cl)c2ccc(Cl)s2)cc(F)c1F. The van der Waals surface area contributed by atoms with Crippen molar-refractivity contribution >= 4 is 34.5 Å². The molecule has 0 N–H and O–H groups in total. The normalized spacial score (nSPS) is 12.8. The van der Waals surface area contributed by atoms with E-state index < -0.39 is 22.8 Å². The number of thiophene rings is 1. The smallest absolute Gasteiger partial charge is 0.194 e. The van der Waals surface area contributed by atoms with Crippen molar-refractivity contribution in [3.05, 3.63) is 56.5 Å². The number of alkyl halides is 1. The van der Waals surface area contributed by atoms with E-state index in [1.165, 1.54) is 11.3 Å². The second-order valence-electron chi connectivity index (χ2n) is 3.30. The second kappa shape index (κ2) is 4.88. The quantitative estimate of drug-likeness (QED) is 0.531. The van der Waals surface area contributed by atoms with E-state index in [9.17, 15) is 13.2 Å². The maximum absolute atomic E-state index is 13.0. The maximum Gasteiger partial charge on any atom is 0.194 e. The van der Waals surface area contributed by atoms with Gasteiger partial charge in [0.05, 0.1) is 9.71 Å². The topological polar surface area (TPSA) is 0 Å². The predicted molar refractivity (Wildman–Crippen MR) is 63.3 cm³/mol. The van der Waals surface area contributed by atoms with Crippen molar-refractivity contribution in [1.82, 2.24) is 0 Å². The third kappa shape index (κ3) is 2.59. The summed E-state index contributed by atoms with van der Waals surface area (Å²) in [6.07, 6.45) is 0. The minimum Gasteiger partial charge on any atom is -0.204 e. The summed E-state index contributed by atoms with van der Waals surface area (Å²) in [5.74, 6) is -4.01. The molecular weight excluding hydrogens is 292 g/mol. The van der Waals surface area contributed by atoms with Crippen LogP contribution in [0.1, 0.15) is 15.8 Å². The number of benzene rings is 1. The molecule has 0 aliphatic heterocycles. The van der Waals surface area contributed by atoms with Crippen LogP contribution in [-0.2, 0) is 0 Å². The Bertz CT molecular complexity index is 530. The van der Waals surface area contributed by atoms with Gasteiger partial charge in [-0.05, 0) is 29.8 Å². The van der Waals surface area contributed by atoms with Gasteiger partial charge < -0.3 is 0 Å². The van der Waals surface area contributed by atoms with Crippen LogP contribution < -0.4 is 0 Å². The summed E-state index contributed by atoms with van der Waals surface area (Å²) in [6.45, 7) is 0. The average molecular weight is 297 g/mol. The van der Waals surface area contributed by atoms with Crippen LogP contribution in [0, 0.1) is 17.5 Å². The van der Waals surface area contributed by atoms with Crippen LogP contribution in [-0.4, -0.2) is 0 Å². The van der Waals surface area contributed by atoms with E-state index in [-0.39, 0.29) is 5.56 Å². The molecule has 0 saturated heterocycles. The van der Waals surface area contributed by atoms with Gasteiger partial charge in [-0.15, -0.1) is 22.9 Å². The minimum absolute atomic E-state index is 0.154. The van der Waals surface area contributed by atoms with Crippen LogP contribution in [0.25, 0.3) is 0 Å². The fourth-order valence-electron chi connectivity index (χ4n) is 1.35. The van der Waals surface area contributed by atoms with E-state index in [4.69, 9.17) is 23.2 Å². The van der Waals surface area contributed by atoms with E-state index in [1.54, 1.807) is 12.1 Å². The molecule has 2 aromatic rings. The summed E-state index contributed by atoms with van der Waals surface area (Å²) in [7, 11) is 0. The monoisotopic (exact) mass is 296 g/mol. The highest BCUT2D eigenvalue weighted by molar-refractivity contribution is 7.16. The molecule has 2 rings (SSSR count). The summed E-state index contributed by atoms with van der Waals surface area (Å²) in [5, 5.41) is -0.753. The molecule has 0 fully saturated rings. The van der Waals surface area contributed by atoms with Crippen LogP contribution in [0.15, 0.2) is 24.3 Å². The number of rotatable bonds is 2. The average Bonchev–Trinajstić information content (AvgIpc) is 2.71. The van der Waals surface area contributed by atoms with Crippen molar-refractivity contribution < 1.29 is 13.2 Å². The van der Waals surface area contributed by atoms with Gasteiger partial charge in [-0.2, -0.15) is 0 Å². The molecule has 90 valence electrons. The Morgan fingerprint density at radius 2 is 1.65 bits per heavy atom. The summed E-state index contributed by atoms with van der Waals surface area (Å²) in [5.41, 5.74) is 0.154. The third-order valence-corrected chi connectivity index (χ3v) is 4.06. The Hall–Kier alpha value is -0.710. The highest BCUT2D eigenvalue weighted by Gasteiger charge is 2.18. The Morgan fingerprint density at radius 3 is 2.12 bits per heavy atom. The molecule has 1 atom stereocenters. The minimum atomic E-state index is -1.50. The second-order valence-corrected chi connectivity index (χ2v) is 5.49. The van der Waals surface area contributed by atoms with Gasteiger partial charge in [-0.1, -0.05) is 11.6 Å². The van der Waals surface area contributed by atoms with E-state index >= 15 is 0 Å². The molecule has 1 aromatic carbocycles. The fourth-order valence-corrected chi connectivity index (χ4v) is 2.75. The molecule has 0 amide bonds. The van der Waals surface area contributed by atoms with Crippen LogP contribution in [0.5, 0.6) is 0 Å². The first-order valence-electron chi connectivity index (χ1n) is 4.53. The van der Waals surface area contributed by atoms with Crippen molar-refractivity contribution in [2.45, 2.75) is 5.38 Å². The van der Waals surface area contributed by atoms with Gasteiger partial charge in [0, 0.05) is 4.88 Å². The van der Waals surface area contributed by atoms with Crippen LogP contribution in [0.4, 0.5) is 13.2 Å². The Kier molecular flexibility index (Phi) is 3.66. The van der Waals surface area contributed by atoms with Crippen molar-refractivity contribution in [3.8, 4) is 0 Å². The fraction of sp³-hybridized carbons (Fsp3) is 0.0909. The standard InChI is InChI=1S/C11H5Cl2F3S/c12-9-2-1-8(17-9)10(13)5-3-6(14)11(16)7(15)4-5/h1-4,10H. The van der Waals surface area contributed by atoms with Crippen molar-refractivity contribution in [2.75, 3.05) is 0 Å². The lowest BCUT2D eigenvalue weighted by atomic mass is 10.1. The first-order valence-corrected chi connectivity index (χ1v) is 6.16. The maximum atomic E-state index is 13.0. The van der Waals surface area contributed by atoms with E-state index in [0.717, 1.165) is 12.1 Å². The zero-order chi connectivity index (χ0) is 12.6. The lowest BCUT2D eigenvalue weighted by Gasteiger charge is -2.08. The molecular formula is C11H5Cl2F3S. The first-order chi connectivity index (χ1) is 7.99. The molecule has 0 aliphatic rings. The predicted octanol–water partition coefficient (Wildman–Crippen LogP) is 5.15. The molecule has 0 aliphatic carbocycles. The highest BCUT2D eigenvalue weighted by atomic mass is 35.5. The van der Waals surface area contributed by atoms with E-state index in [2.05, 4.69) is 0 Å². The van der Waals surface area contributed by atoms with Gasteiger partial charge in [-0.25, -0.2) is 13.2 Å². The van der Waals surface area contributed by atoms with Gasteiger partial charge >= 0.3 is 0 Å². The zero-order valence-electron chi connectivity index (χ0n) is 8.18. The van der Waals surface area contributed by atoms with Crippen molar-refractivity contribution in [2.24, 2.45) is 0 Å². The van der Waals surface area contributed by atoms with Crippen LogP contribution in [0.3, 0.4) is 0 Å². The summed E-state index contributed by atoms with van der Waals surface area (Å²) in [6, 6.07) is 5.05. The third-order valence-electron chi connectivity index (χ3n) is 2.14. The molecule has 0 saturated carbocycles. The Morgan fingerprint density at radius 1 is 1.06 bits per heavy atom. The summed E-state index contributed by atoms with van der Waals surface area (Å²) < 4.78 is 39.3. The molecule has 6 heteroatoms. The number of hydrogen-bond donors (Lipinski definition) is 0. The van der Waals surface area contributed by atoms with Crippen LogP contribution >= 0.6 is 34.5 Å².